The number of aromatic nitrogens is 1. The molecule has 0 saturated carbocycles. The van der Waals surface area contributed by atoms with Gasteiger partial charge in [-0.1, -0.05) is 12.1 Å². The molecule has 2 N–H and O–H groups in total. The van der Waals surface area contributed by atoms with E-state index in [2.05, 4.69) is 26.2 Å². The van der Waals surface area contributed by atoms with Gasteiger partial charge in [-0.3, -0.25) is 14.6 Å². The number of anilines is 1. The quantitative estimate of drug-likeness (QED) is 0.771. The Hall–Kier alpha value is -2.41. The molecule has 2 amide bonds. The summed E-state index contributed by atoms with van der Waals surface area (Å²) in [5.74, 6) is -0.332. The Kier molecular flexibility index (Phi) is 5.33. The number of amides is 2. The van der Waals surface area contributed by atoms with Crippen LogP contribution in [0.4, 0.5) is 5.69 Å². The van der Waals surface area contributed by atoms with E-state index in [-0.39, 0.29) is 23.5 Å². The number of likely N-dealkylation sites (tertiary alicyclic amines) is 1. The van der Waals surface area contributed by atoms with Crippen molar-refractivity contribution >= 4 is 33.4 Å². The number of hydrogen-bond acceptors (Lipinski definition) is 4. The van der Waals surface area contributed by atoms with Crippen molar-refractivity contribution in [3.05, 3.63) is 52.8 Å². The molecule has 1 aromatic heterocycles. The van der Waals surface area contributed by atoms with Crippen LogP contribution in [0.15, 0.2) is 47.2 Å². The Labute approximate surface area is 154 Å². The maximum atomic E-state index is 12.5. The number of piperidine rings is 1. The van der Waals surface area contributed by atoms with E-state index in [0.717, 1.165) is 4.47 Å². The number of benzene rings is 1. The van der Waals surface area contributed by atoms with Crippen molar-refractivity contribution in [2.75, 3.05) is 18.4 Å². The molecular formula is C18H18BrN3O3. The Bertz CT molecular complexity index is 789. The lowest BCUT2D eigenvalue weighted by atomic mass is 9.95. The number of phenols is 1. The maximum absolute atomic E-state index is 12.5. The van der Waals surface area contributed by atoms with Gasteiger partial charge in [-0.05, 0) is 47.0 Å². The lowest BCUT2D eigenvalue weighted by molar-refractivity contribution is -0.121. The van der Waals surface area contributed by atoms with E-state index >= 15 is 0 Å². The van der Waals surface area contributed by atoms with Crippen LogP contribution in [0.1, 0.15) is 23.2 Å². The molecule has 1 aromatic carbocycles. The van der Waals surface area contributed by atoms with Gasteiger partial charge in [0.2, 0.25) is 5.91 Å². The number of aromatic hydroxyl groups is 1. The first-order valence-electron chi connectivity index (χ1n) is 8.03. The van der Waals surface area contributed by atoms with Gasteiger partial charge in [0.15, 0.2) is 0 Å². The van der Waals surface area contributed by atoms with E-state index in [0.29, 0.717) is 37.2 Å². The average molecular weight is 404 g/mol. The number of carbonyl (C=O) groups is 2. The van der Waals surface area contributed by atoms with E-state index in [1.807, 2.05) is 0 Å². The van der Waals surface area contributed by atoms with Crippen LogP contribution >= 0.6 is 15.9 Å². The monoisotopic (exact) mass is 403 g/mol. The predicted octanol–water partition coefficient (Wildman–Crippen LogP) is 3.04. The van der Waals surface area contributed by atoms with Crippen molar-refractivity contribution in [1.29, 1.82) is 0 Å². The van der Waals surface area contributed by atoms with Gasteiger partial charge >= 0.3 is 0 Å². The molecular weight excluding hydrogens is 386 g/mol. The summed E-state index contributed by atoms with van der Waals surface area (Å²) in [5.41, 5.74) is 0.942. The molecule has 0 bridgehead atoms. The fourth-order valence-corrected chi connectivity index (χ4v) is 3.24. The van der Waals surface area contributed by atoms with Crippen LogP contribution in [0, 0.1) is 5.92 Å². The highest BCUT2D eigenvalue weighted by atomic mass is 79.9. The molecule has 0 spiro atoms. The lowest BCUT2D eigenvalue weighted by Gasteiger charge is -2.31. The summed E-state index contributed by atoms with van der Waals surface area (Å²) in [6.45, 7) is 1.04. The lowest BCUT2D eigenvalue weighted by Crippen LogP contribution is -2.41. The number of nitrogens with one attached hydrogen (secondary N) is 1. The second kappa shape index (κ2) is 7.65. The number of halogens is 1. The van der Waals surface area contributed by atoms with Crippen molar-refractivity contribution in [3.8, 4) is 5.75 Å². The Morgan fingerprint density at radius 2 is 1.92 bits per heavy atom. The van der Waals surface area contributed by atoms with E-state index in [4.69, 9.17) is 0 Å². The highest BCUT2D eigenvalue weighted by molar-refractivity contribution is 9.10. The summed E-state index contributed by atoms with van der Waals surface area (Å²) in [5, 5.41) is 12.5. The number of para-hydroxylation sites is 2. The SMILES string of the molecule is O=C(Nc1ccccc1O)C1CCN(C(=O)c2cncc(Br)c2)CC1. The van der Waals surface area contributed by atoms with Gasteiger partial charge in [-0.25, -0.2) is 0 Å². The van der Waals surface area contributed by atoms with Crippen molar-refractivity contribution in [1.82, 2.24) is 9.88 Å². The fourth-order valence-electron chi connectivity index (χ4n) is 2.87. The smallest absolute Gasteiger partial charge is 0.255 e. The third-order valence-electron chi connectivity index (χ3n) is 4.27. The molecule has 1 aliphatic heterocycles. The Morgan fingerprint density at radius 1 is 1.20 bits per heavy atom. The third-order valence-corrected chi connectivity index (χ3v) is 4.70. The molecule has 6 nitrogen and oxygen atoms in total. The molecule has 0 radical (unpaired) electrons. The van der Waals surface area contributed by atoms with E-state index in [1.165, 1.54) is 6.07 Å². The number of phenolic OH excluding ortho intramolecular Hbond substituents is 1. The highest BCUT2D eigenvalue weighted by Crippen LogP contribution is 2.25. The number of pyridine rings is 1. The van der Waals surface area contributed by atoms with Crippen molar-refractivity contribution in [2.45, 2.75) is 12.8 Å². The highest BCUT2D eigenvalue weighted by Gasteiger charge is 2.28. The van der Waals surface area contributed by atoms with Crippen LogP contribution in [-0.4, -0.2) is 39.9 Å². The van der Waals surface area contributed by atoms with Gasteiger partial charge in [0.05, 0.1) is 11.3 Å². The first kappa shape index (κ1) is 17.4. The van der Waals surface area contributed by atoms with E-state index < -0.39 is 0 Å². The molecule has 3 rings (SSSR count). The standard InChI is InChI=1S/C18H18BrN3O3/c19-14-9-13(10-20-11-14)18(25)22-7-5-12(6-8-22)17(24)21-15-3-1-2-4-16(15)23/h1-4,9-12,23H,5-8H2,(H,21,24). The van der Waals surface area contributed by atoms with Gasteiger partial charge < -0.3 is 15.3 Å². The second-order valence-corrected chi connectivity index (χ2v) is 6.88. The van der Waals surface area contributed by atoms with Crippen molar-refractivity contribution in [2.24, 2.45) is 5.92 Å². The molecule has 2 heterocycles. The van der Waals surface area contributed by atoms with Crippen molar-refractivity contribution < 1.29 is 14.7 Å². The summed E-state index contributed by atoms with van der Waals surface area (Å²) in [7, 11) is 0. The van der Waals surface area contributed by atoms with Crippen LogP contribution in [0.3, 0.4) is 0 Å². The number of nitrogens with zero attached hydrogens (tertiary/aromatic N) is 2. The normalized spacial score (nSPS) is 15.0. The zero-order valence-corrected chi connectivity index (χ0v) is 15.1. The Balaban J connectivity index is 1.57. The third kappa shape index (κ3) is 4.17. The first-order chi connectivity index (χ1) is 12.0. The molecule has 1 aliphatic rings. The molecule has 7 heteroatoms. The van der Waals surface area contributed by atoms with Gasteiger partial charge in [0.1, 0.15) is 5.75 Å². The first-order valence-corrected chi connectivity index (χ1v) is 8.82. The maximum Gasteiger partial charge on any atom is 0.255 e. The molecule has 25 heavy (non-hydrogen) atoms. The second-order valence-electron chi connectivity index (χ2n) is 5.96. The zero-order chi connectivity index (χ0) is 17.8. The Morgan fingerprint density at radius 3 is 2.60 bits per heavy atom. The van der Waals surface area contributed by atoms with E-state index in [1.54, 1.807) is 41.6 Å². The largest absolute Gasteiger partial charge is 0.506 e. The number of hydrogen-bond donors (Lipinski definition) is 2. The van der Waals surface area contributed by atoms with Gasteiger partial charge in [0.25, 0.3) is 5.91 Å². The number of rotatable bonds is 3. The van der Waals surface area contributed by atoms with Crippen molar-refractivity contribution in [3.63, 3.8) is 0 Å². The summed E-state index contributed by atoms with van der Waals surface area (Å²) < 4.78 is 0.760. The minimum atomic E-state index is -0.177. The topological polar surface area (TPSA) is 82.5 Å². The molecule has 0 atom stereocenters. The average Bonchev–Trinajstić information content (AvgIpc) is 2.63. The van der Waals surface area contributed by atoms with Crippen LogP contribution in [-0.2, 0) is 4.79 Å². The minimum absolute atomic E-state index is 0.0469. The zero-order valence-electron chi connectivity index (χ0n) is 13.5. The molecule has 1 fully saturated rings. The van der Waals surface area contributed by atoms with E-state index in [9.17, 15) is 14.7 Å². The summed E-state index contributed by atoms with van der Waals surface area (Å²) in [6.07, 6.45) is 4.36. The molecule has 1 saturated heterocycles. The van der Waals surface area contributed by atoms with Crippen LogP contribution < -0.4 is 5.32 Å². The van der Waals surface area contributed by atoms with Crippen LogP contribution in [0.2, 0.25) is 0 Å². The van der Waals surface area contributed by atoms with Gasteiger partial charge in [-0.2, -0.15) is 0 Å². The molecule has 0 aliphatic carbocycles. The molecule has 0 unspecified atom stereocenters. The summed E-state index contributed by atoms with van der Waals surface area (Å²) in [4.78, 5) is 30.6. The van der Waals surface area contributed by atoms with Crippen LogP contribution in [0.5, 0.6) is 5.75 Å². The van der Waals surface area contributed by atoms with Gasteiger partial charge in [-0.15, -0.1) is 0 Å². The number of carbonyl (C=O) groups excluding carboxylic acids is 2. The summed E-state index contributed by atoms with van der Waals surface area (Å²) in [6, 6.07) is 8.38. The molecule has 130 valence electrons. The molecule has 2 aromatic rings. The minimum Gasteiger partial charge on any atom is -0.506 e. The van der Waals surface area contributed by atoms with Gasteiger partial charge in [0, 0.05) is 35.9 Å². The van der Waals surface area contributed by atoms with Crippen LogP contribution in [0.25, 0.3) is 0 Å². The summed E-state index contributed by atoms with van der Waals surface area (Å²) >= 11 is 3.31. The predicted molar refractivity (Wildman–Crippen MR) is 97.3 cm³/mol. The fraction of sp³-hybridized carbons (Fsp3) is 0.278.